The average molecular weight is 571 g/mol. The van der Waals surface area contributed by atoms with Crippen LogP contribution in [0.25, 0.3) is 10.8 Å². The molecule has 3 aromatic rings. The molecular weight excluding hydrogens is 540 g/mol. The van der Waals surface area contributed by atoms with Crippen LogP contribution in [0.2, 0.25) is 0 Å². The van der Waals surface area contributed by atoms with Crippen molar-refractivity contribution in [1.82, 2.24) is 16.1 Å². The number of hydrazone groups is 1. The zero-order valence-electron chi connectivity index (χ0n) is 23.4. The number of allylic oxidation sites excluding steroid dienone is 1. The highest BCUT2D eigenvalue weighted by atomic mass is 16.5. The first-order valence-electron chi connectivity index (χ1n) is 13.0. The lowest BCUT2D eigenvalue weighted by Crippen LogP contribution is -2.45. The van der Waals surface area contributed by atoms with Crippen LogP contribution < -0.4 is 30.3 Å². The van der Waals surface area contributed by atoms with Crippen LogP contribution in [0.3, 0.4) is 0 Å². The molecule has 0 saturated heterocycles. The summed E-state index contributed by atoms with van der Waals surface area (Å²) in [6, 6.07) is 15.0. The first-order chi connectivity index (χ1) is 20.4. The number of methoxy groups -OCH3 is 1. The SMILES string of the molecule is C#CCOc1ccc2ccccc2c1/C=N/NC(=O)COc1ccc([C@H]2NC(=O)NC(C)=C2C(=O)OCC)cc1OC. The van der Waals surface area contributed by atoms with E-state index in [1.165, 1.54) is 13.3 Å². The molecule has 1 heterocycles. The number of nitrogens with zero attached hydrogens (tertiary/aromatic N) is 1. The largest absolute Gasteiger partial charge is 0.493 e. The van der Waals surface area contributed by atoms with Crippen molar-refractivity contribution in [2.45, 2.75) is 19.9 Å². The van der Waals surface area contributed by atoms with Gasteiger partial charge in [0.25, 0.3) is 5.91 Å². The molecule has 1 atom stereocenters. The van der Waals surface area contributed by atoms with Crippen molar-refractivity contribution in [2.24, 2.45) is 5.10 Å². The maximum atomic E-state index is 12.6. The number of benzene rings is 3. The Labute approximate surface area is 242 Å². The van der Waals surface area contributed by atoms with Gasteiger partial charge in [-0.3, -0.25) is 4.79 Å². The molecular formula is C31H30N4O7. The summed E-state index contributed by atoms with van der Waals surface area (Å²) >= 11 is 0. The summed E-state index contributed by atoms with van der Waals surface area (Å²) in [5, 5.41) is 11.3. The summed E-state index contributed by atoms with van der Waals surface area (Å²) < 4.78 is 22.0. The Morgan fingerprint density at radius 2 is 1.88 bits per heavy atom. The van der Waals surface area contributed by atoms with Gasteiger partial charge in [-0.15, -0.1) is 6.42 Å². The number of hydrogen-bond acceptors (Lipinski definition) is 8. The average Bonchev–Trinajstić information content (AvgIpc) is 2.99. The number of esters is 1. The second-order valence-corrected chi connectivity index (χ2v) is 8.97. The molecule has 0 fully saturated rings. The fourth-order valence-corrected chi connectivity index (χ4v) is 4.40. The number of fused-ring (bicyclic) bond motifs is 1. The van der Waals surface area contributed by atoms with E-state index in [9.17, 15) is 14.4 Å². The van der Waals surface area contributed by atoms with Gasteiger partial charge in [-0.1, -0.05) is 42.3 Å². The van der Waals surface area contributed by atoms with E-state index in [2.05, 4.69) is 27.1 Å². The first-order valence-corrected chi connectivity index (χ1v) is 13.0. The number of rotatable bonds is 11. The topological polar surface area (TPSA) is 137 Å². The standard InChI is InChI=1S/C31H30N4O7/c1-5-15-41-24-13-11-20-9-7-8-10-22(20)23(24)17-32-35-27(36)18-42-25-14-12-21(16-26(25)39-4)29-28(30(37)40-6-2)19(3)33-31(38)34-29/h1,7-14,16-17,29H,6,15,18H2,2-4H3,(H,35,36)(H2,33,34,38)/b32-17+/t29-/m1/s1. The number of terminal acetylenes is 1. The van der Waals surface area contributed by atoms with Crippen molar-refractivity contribution in [3.63, 3.8) is 0 Å². The lowest BCUT2D eigenvalue weighted by molar-refractivity contribution is -0.139. The molecule has 0 unspecified atom stereocenters. The number of carbonyl (C=O) groups is 3. The lowest BCUT2D eigenvalue weighted by atomic mass is 9.95. The normalized spacial score (nSPS) is 14.5. The first kappa shape index (κ1) is 29.5. The molecule has 1 aliphatic rings. The van der Waals surface area contributed by atoms with Crippen molar-refractivity contribution < 1.29 is 33.3 Å². The second-order valence-electron chi connectivity index (χ2n) is 8.97. The molecule has 3 N–H and O–H groups in total. The van der Waals surface area contributed by atoms with Gasteiger partial charge >= 0.3 is 12.0 Å². The summed E-state index contributed by atoms with van der Waals surface area (Å²) in [5.74, 6) is 2.47. The number of ether oxygens (including phenoxy) is 4. The molecule has 4 rings (SSSR count). The zero-order chi connectivity index (χ0) is 30.1. The predicted octanol–water partition coefficient (Wildman–Crippen LogP) is 3.58. The molecule has 0 spiro atoms. The molecule has 216 valence electrons. The fraction of sp³-hybridized carbons (Fsp3) is 0.226. The number of urea groups is 1. The summed E-state index contributed by atoms with van der Waals surface area (Å²) in [6.45, 7) is 3.23. The Morgan fingerprint density at radius 3 is 2.64 bits per heavy atom. The highest BCUT2D eigenvalue weighted by molar-refractivity contribution is 6.02. The van der Waals surface area contributed by atoms with Gasteiger partial charge in [0.05, 0.1) is 31.5 Å². The lowest BCUT2D eigenvalue weighted by Gasteiger charge is -2.28. The summed E-state index contributed by atoms with van der Waals surface area (Å²) in [5.41, 5.74) is 4.32. The molecule has 0 aromatic heterocycles. The maximum Gasteiger partial charge on any atom is 0.338 e. The van der Waals surface area contributed by atoms with Crippen LogP contribution >= 0.6 is 0 Å². The van der Waals surface area contributed by atoms with Gasteiger partial charge < -0.3 is 29.6 Å². The van der Waals surface area contributed by atoms with Crippen LogP contribution in [-0.4, -0.2) is 51.1 Å². The minimum absolute atomic E-state index is 0.0873. The van der Waals surface area contributed by atoms with Crippen molar-refractivity contribution in [1.29, 1.82) is 0 Å². The van der Waals surface area contributed by atoms with Crippen LogP contribution in [0.4, 0.5) is 4.79 Å². The van der Waals surface area contributed by atoms with E-state index < -0.39 is 23.9 Å². The van der Waals surface area contributed by atoms with E-state index in [-0.39, 0.29) is 31.1 Å². The Morgan fingerprint density at radius 1 is 1.10 bits per heavy atom. The molecule has 1 aliphatic heterocycles. The van der Waals surface area contributed by atoms with Gasteiger partial charge in [0, 0.05) is 11.3 Å². The van der Waals surface area contributed by atoms with Crippen molar-refractivity contribution in [3.8, 4) is 29.6 Å². The van der Waals surface area contributed by atoms with E-state index in [1.807, 2.05) is 30.3 Å². The number of hydrogen-bond donors (Lipinski definition) is 3. The minimum Gasteiger partial charge on any atom is -0.493 e. The summed E-state index contributed by atoms with van der Waals surface area (Å²) in [7, 11) is 1.44. The van der Waals surface area contributed by atoms with Crippen LogP contribution in [0.15, 0.2) is 71.0 Å². The maximum absolute atomic E-state index is 12.6. The Balaban J connectivity index is 1.46. The van der Waals surface area contributed by atoms with Gasteiger partial charge in [-0.2, -0.15) is 5.10 Å². The van der Waals surface area contributed by atoms with Crippen molar-refractivity contribution >= 4 is 34.9 Å². The third-order valence-corrected chi connectivity index (χ3v) is 6.27. The van der Waals surface area contributed by atoms with Crippen LogP contribution in [0.5, 0.6) is 17.2 Å². The molecule has 0 radical (unpaired) electrons. The third kappa shape index (κ3) is 6.79. The van der Waals surface area contributed by atoms with Crippen molar-refractivity contribution in [2.75, 3.05) is 26.9 Å². The smallest absolute Gasteiger partial charge is 0.338 e. The molecule has 0 bridgehead atoms. The molecule has 0 aliphatic carbocycles. The Bertz CT molecular complexity index is 1610. The van der Waals surface area contributed by atoms with Gasteiger partial charge in [0.2, 0.25) is 0 Å². The number of nitrogens with one attached hydrogen (secondary N) is 3. The quantitative estimate of drug-likeness (QED) is 0.139. The Kier molecular flexibility index (Phi) is 9.63. The second kappa shape index (κ2) is 13.7. The van der Waals surface area contributed by atoms with Gasteiger partial charge in [0.15, 0.2) is 18.1 Å². The third-order valence-electron chi connectivity index (χ3n) is 6.27. The Hall–Kier alpha value is -5.50. The zero-order valence-corrected chi connectivity index (χ0v) is 23.4. The molecule has 3 amide bonds. The molecule has 42 heavy (non-hydrogen) atoms. The predicted molar refractivity (Wildman–Crippen MR) is 156 cm³/mol. The summed E-state index contributed by atoms with van der Waals surface area (Å²) in [4.78, 5) is 37.3. The highest BCUT2D eigenvalue weighted by Gasteiger charge is 2.32. The van der Waals surface area contributed by atoms with E-state index in [0.717, 1.165) is 10.8 Å². The van der Waals surface area contributed by atoms with E-state index in [4.69, 9.17) is 25.4 Å². The van der Waals surface area contributed by atoms with Gasteiger partial charge in [-0.25, -0.2) is 15.0 Å². The van der Waals surface area contributed by atoms with Crippen molar-refractivity contribution in [3.05, 3.63) is 77.0 Å². The number of carbonyl (C=O) groups excluding carboxylic acids is 3. The molecule has 0 saturated carbocycles. The number of amides is 3. The highest BCUT2D eigenvalue weighted by Crippen LogP contribution is 2.34. The molecule has 11 heteroatoms. The monoisotopic (exact) mass is 570 g/mol. The summed E-state index contributed by atoms with van der Waals surface area (Å²) in [6.07, 6.45) is 6.83. The molecule has 11 nitrogen and oxygen atoms in total. The fourth-order valence-electron chi connectivity index (χ4n) is 4.40. The minimum atomic E-state index is -0.776. The van der Waals surface area contributed by atoms with Crippen LogP contribution in [-0.2, 0) is 14.3 Å². The van der Waals surface area contributed by atoms with E-state index in [1.54, 1.807) is 38.1 Å². The van der Waals surface area contributed by atoms with Gasteiger partial charge in [0.1, 0.15) is 12.4 Å². The van der Waals surface area contributed by atoms with E-state index >= 15 is 0 Å². The van der Waals surface area contributed by atoms with Gasteiger partial charge in [-0.05, 0) is 48.4 Å². The molecule has 3 aromatic carbocycles. The van der Waals surface area contributed by atoms with Crippen LogP contribution in [0, 0.1) is 12.3 Å². The van der Waals surface area contributed by atoms with E-state index in [0.29, 0.717) is 28.3 Å². The van der Waals surface area contributed by atoms with Crippen LogP contribution in [0.1, 0.15) is 31.0 Å².